The molecule has 0 aliphatic rings. The largest absolute Gasteiger partial charge is 0.392 e. The lowest BCUT2D eigenvalue weighted by Gasteiger charge is -2.10. The van der Waals surface area contributed by atoms with E-state index in [1.165, 1.54) is 0 Å². The van der Waals surface area contributed by atoms with Crippen molar-refractivity contribution in [3.05, 3.63) is 64.7 Å². The highest BCUT2D eigenvalue weighted by Gasteiger charge is 1.99. The fourth-order valence-corrected chi connectivity index (χ4v) is 1.76. The molecule has 3 heteroatoms. The monoisotopic (exact) mass is 247 g/mol. The Morgan fingerprint density at radius 3 is 2.41 bits per heavy atom. The first-order chi connectivity index (χ1) is 8.29. The Kier molecular flexibility index (Phi) is 4.02. The maximum atomic E-state index is 9.19. The van der Waals surface area contributed by atoms with Crippen molar-refractivity contribution in [1.82, 2.24) is 0 Å². The molecule has 2 N–H and O–H groups in total. The van der Waals surface area contributed by atoms with Crippen LogP contribution in [0.5, 0.6) is 0 Å². The van der Waals surface area contributed by atoms with Gasteiger partial charge in [0, 0.05) is 22.8 Å². The van der Waals surface area contributed by atoms with Crippen molar-refractivity contribution in [2.24, 2.45) is 0 Å². The van der Waals surface area contributed by atoms with E-state index in [9.17, 15) is 5.11 Å². The molecule has 0 bridgehead atoms. The Morgan fingerprint density at radius 1 is 1.00 bits per heavy atom. The first-order valence-corrected chi connectivity index (χ1v) is 5.84. The highest BCUT2D eigenvalue weighted by molar-refractivity contribution is 6.30. The van der Waals surface area contributed by atoms with Gasteiger partial charge in [0.15, 0.2) is 0 Å². The lowest BCUT2D eigenvalue weighted by Crippen LogP contribution is -2.02. The first kappa shape index (κ1) is 12.0. The summed E-state index contributed by atoms with van der Waals surface area (Å²) in [6, 6.07) is 15.4. The van der Waals surface area contributed by atoms with Crippen LogP contribution in [0.1, 0.15) is 11.1 Å². The summed E-state index contributed by atoms with van der Waals surface area (Å²) in [6.45, 7) is 0.762. The first-order valence-electron chi connectivity index (χ1n) is 5.46. The number of benzene rings is 2. The molecule has 0 saturated heterocycles. The lowest BCUT2D eigenvalue weighted by atomic mass is 10.1. The SMILES string of the molecule is OCc1ccccc1NCc1ccc(Cl)cc1. The molecule has 0 aliphatic carbocycles. The maximum absolute atomic E-state index is 9.19. The predicted molar refractivity (Wildman–Crippen MR) is 71.1 cm³/mol. The summed E-state index contributed by atoms with van der Waals surface area (Å²) >= 11 is 5.82. The number of anilines is 1. The zero-order valence-corrected chi connectivity index (χ0v) is 10.1. The maximum Gasteiger partial charge on any atom is 0.0701 e. The van der Waals surface area contributed by atoms with E-state index in [0.717, 1.165) is 21.8 Å². The second-order valence-corrected chi connectivity index (χ2v) is 4.23. The third-order valence-electron chi connectivity index (χ3n) is 2.58. The molecular formula is C14H14ClNO. The van der Waals surface area contributed by atoms with Gasteiger partial charge in [0.25, 0.3) is 0 Å². The van der Waals surface area contributed by atoms with Gasteiger partial charge < -0.3 is 10.4 Å². The van der Waals surface area contributed by atoms with E-state index < -0.39 is 0 Å². The molecule has 0 atom stereocenters. The minimum absolute atomic E-state index is 0.0454. The van der Waals surface area contributed by atoms with Crippen LogP contribution >= 0.6 is 11.6 Å². The van der Waals surface area contributed by atoms with Crippen LogP contribution in [0, 0.1) is 0 Å². The molecule has 0 fully saturated rings. The molecule has 0 amide bonds. The Bertz CT molecular complexity index is 482. The normalized spacial score (nSPS) is 10.2. The third kappa shape index (κ3) is 3.22. The fraction of sp³-hybridized carbons (Fsp3) is 0.143. The van der Waals surface area contributed by atoms with E-state index in [2.05, 4.69) is 5.32 Å². The van der Waals surface area contributed by atoms with Gasteiger partial charge in [-0.25, -0.2) is 0 Å². The molecule has 0 unspecified atom stereocenters. The topological polar surface area (TPSA) is 32.3 Å². The highest BCUT2D eigenvalue weighted by atomic mass is 35.5. The van der Waals surface area contributed by atoms with Crippen LogP contribution < -0.4 is 5.32 Å². The Labute approximate surface area is 106 Å². The molecule has 2 aromatic rings. The lowest BCUT2D eigenvalue weighted by molar-refractivity contribution is 0.282. The van der Waals surface area contributed by atoms with E-state index in [4.69, 9.17) is 11.6 Å². The van der Waals surface area contributed by atoms with Crippen LogP contribution in [-0.2, 0) is 13.2 Å². The second kappa shape index (κ2) is 5.71. The number of hydrogen-bond acceptors (Lipinski definition) is 2. The van der Waals surface area contributed by atoms with Crippen LogP contribution in [0.4, 0.5) is 5.69 Å². The third-order valence-corrected chi connectivity index (χ3v) is 2.84. The average molecular weight is 248 g/mol. The van der Waals surface area contributed by atoms with Crippen LogP contribution in [0.3, 0.4) is 0 Å². The van der Waals surface area contributed by atoms with Gasteiger partial charge in [0.2, 0.25) is 0 Å². The summed E-state index contributed by atoms with van der Waals surface area (Å²) in [6.07, 6.45) is 0. The van der Waals surface area contributed by atoms with E-state index >= 15 is 0 Å². The number of halogens is 1. The van der Waals surface area contributed by atoms with Crippen molar-refractivity contribution in [2.75, 3.05) is 5.32 Å². The van der Waals surface area contributed by atoms with Gasteiger partial charge in [-0.2, -0.15) is 0 Å². The number of aliphatic hydroxyl groups excluding tert-OH is 1. The van der Waals surface area contributed by atoms with Crippen molar-refractivity contribution < 1.29 is 5.11 Å². The van der Waals surface area contributed by atoms with E-state index in [0.29, 0.717) is 6.54 Å². The molecule has 2 aromatic carbocycles. The molecule has 0 spiro atoms. The molecule has 2 rings (SSSR count). The Hall–Kier alpha value is -1.51. The molecule has 0 radical (unpaired) electrons. The summed E-state index contributed by atoms with van der Waals surface area (Å²) in [5.41, 5.74) is 3.02. The fourth-order valence-electron chi connectivity index (χ4n) is 1.63. The summed E-state index contributed by atoms with van der Waals surface area (Å²) < 4.78 is 0. The standard InChI is InChI=1S/C14H14ClNO/c15-13-7-5-11(6-8-13)9-16-14-4-2-1-3-12(14)10-17/h1-8,16-17H,9-10H2. The van der Waals surface area contributed by atoms with E-state index in [1.54, 1.807) is 0 Å². The molecule has 88 valence electrons. The van der Waals surface area contributed by atoms with Gasteiger partial charge in [-0.1, -0.05) is 41.9 Å². The summed E-state index contributed by atoms with van der Waals surface area (Å²) in [4.78, 5) is 0. The van der Waals surface area contributed by atoms with Gasteiger partial charge in [0.1, 0.15) is 0 Å². The van der Waals surface area contributed by atoms with Crippen LogP contribution in [0.2, 0.25) is 5.02 Å². The summed E-state index contributed by atoms with van der Waals surface area (Å²) in [5, 5.41) is 13.2. The molecule has 0 aromatic heterocycles. The highest BCUT2D eigenvalue weighted by Crippen LogP contribution is 2.16. The molecule has 17 heavy (non-hydrogen) atoms. The zero-order chi connectivity index (χ0) is 12.1. The van der Waals surface area contributed by atoms with Crippen molar-refractivity contribution in [3.8, 4) is 0 Å². The molecule has 0 heterocycles. The quantitative estimate of drug-likeness (QED) is 0.868. The molecule has 0 aliphatic heterocycles. The van der Waals surface area contributed by atoms with Crippen molar-refractivity contribution >= 4 is 17.3 Å². The Balaban J connectivity index is 2.04. The van der Waals surface area contributed by atoms with Crippen molar-refractivity contribution in [1.29, 1.82) is 0 Å². The number of rotatable bonds is 4. The van der Waals surface area contributed by atoms with Gasteiger partial charge >= 0.3 is 0 Å². The minimum atomic E-state index is 0.0454. The summed E-state index contributed by atoms with van der Waals surface area (Å²) in [5.74, 6) is 0. The van der Waals surface area contributed by atoms with Gasteiger partial charge in [-0.15, -0.1) is 0 Å². The van der Waals surface area contributed by atoms with E-state index in [1.807, 2.05) is 48.5 Å². The Morgan fingerprint density at radius 2 is 1.71 bits per heavy atom. The number of hydrogen-bond donors (Lipinski definition) is 2. The smallest absolute Gasteiger partial charge is 0.0701 e. The zero-order valence-electron chi connectivity index (χ0n) is 9.36. The van der Waals surface area contributed by atoms with Crippen molar-refractivity contribution in [3.63, 3.8) is 0 Å². The molecular weight excluding hydrogens is 234 g/mol. The van der Waals surface area contributed by atoms with Crippen LogP contribution in [0.25, 0.3) is 0 Å². The molecule has 0 saturated carbocycles. The van der Waals surface area contributed by atoms with Gasteiger partial charge in [0.05, 0.1) is 6.61 Å². The number of nitrogens with one attached hydrogen (secondary N) is 1. The van der Waals surface area contributed by atoms with E-state index in [-0.39, 0.29) is 6.61 Å². The predicted octanol–water partition coefficient (Wildman–Crippen LogP) is 3.44. The van der Waals surface area contributed by atoms with Gasteiger partial charge in [-0.05, 0) is 23.8 Å². The average Bonchev–Trinajstić information content (AvgIpc) is 2.38. The number of aliphatic hydroxyl groups is 1. The van der Waals surface area contributed by atoms with Crippen LogP contribution in [0.15, 0.2) is 48.5 Å². The van der Waals surface area contributed by atoms with Crippen molar-refractivity contribution in [2.45, 2.75) is 13.2 Å². The summed E-state index contributed by atoms with van der Waals surface area (Å²) in [7, 11) is 0. The molecule has 2 nitrogen and oxygen atoms in total. The van der Waals surface area contributed by atoms with Crippen LogP contribution in [-0.4, -0.2) is 5.11 Å². The number of para-hydroxylation sites is 1. The second-order valence-electron chi connectivity index (χ2n) is 3.80. The van der Waals surface area contributed by atoms with Gasteiger partial charge in [-0.3, -0.25) is 0 Å². The minimum Gasteiger partial charge on any atom is -0.392 e.